The van der Waals surface area contributed by atoms with Gasteiger partial charge in [-0.05, 0) is 65.3 Å². The number of nitrogens with one attached hydrogen (secondary N) is 2. The SMILES string of the molecule is COc1ccc(CN(CCc2c[nH]c3ccccc23)C(=O)CN(CC(C)C)C(=O)Nc2ccc(C(C)C)cc2)cc1OC. The van der Waals surface area contributed by atoms with E-state index in [-0.39, 0.29) is 24.4 Å². The maximum atomic E-state index is 14.0. The van der Waals surface area contributed by atoms with Gasteiger partial charge in [0.25, 0.3) is 0 Å². The van der Waals surface area contributed by atoms with E-state index in [1.807, 2.05) is 85.6 Å². The summed E-state index contributed by atoms with van der Waals surface area (Å²) in [5, 5.41) is 4.14. The molecule has 1 heterocycles. The van der Waals surface area contributed by atoms with Crippen molar-refractivity contribution in [3.63, 3.8) is 0 Å². The average Bonchev–Trinajstić information content (AvgIpc) is 3.41. The van der Waals surface area contributed by atoms with Crippen LogP contribution in [0.4, 0.5) is 10.5 Å². The lowest BCUT2D eigenvalue weighted by Gasteiger charge is -2.29. The minimum atomic E-state index is -0.290. The number of anilines is 1. The number of rotatable bonds is 13. The summed E-state index contributed by atoms with van der Waals surface area (Å²) in [5.41, 5.74) is 5.03. The van der Waals surface area contributed by atoms with E-state index in [4.69, 9.17) is 9.47 Å². The molecule has 0 saturated carbocycles. The Morgan fingerprint density at radius 2 is 1.60 bits per heavy atom. The van der Waals surface area contributed by atoms with Crippen LogP contribution in [0.25, 0.3) is 10.9 Å². The summed E-state index contributed by atoms with van der Waals surface area (Å²) in [6.45, 7) is 9.63. The Labute approximate surface area is 255 Å². The van der Waals surface area contributed by atoms with Crippen molar-refractivity contribution >= 4 is 28.5 Å². The maximum absolute atomic E-state index is 14.0. The van der Waals surface area contributed by atoms with Crippen LogP contribution in [0.3, 0.4) is 0 Å². The van der Waals surface area contributed by atoms with Gasteiger partial charge >= 0.3 is 6.03 Å². The number of hydrogen-bond donors (Lipinski definition) is 2. The fourth-order valence-corrected chi connectivity index (χ4v) is 5.16. The van der Waals surface area contributed by atoms with Crippen LogP contribution < -0.4 is 14.8 Å². The Morgan fingerprint density at radius 3 is 2.28 bits per heavy atom. The molecule has 0 radical (unpaired) electrons. The van der Waals surface area contributed by atoms with Gasteiger partial charge < -0.3 is 29.6 Å². The lowest BCUT2D eigenvalue weighted by molar-refractivity contribution is -0.132. The van der Waals surface area contributed by atoms with Gasteiger partial charge in [-0.15, -0.1) is 0 Å². The molecular weight excluding hydrogens is 540 g/mol. The number of nitrogens with zero attached hydrogens (tertiary/aromatic N) is 2. The summed E-state index contributed by atoms with van der Waals surface area (Å²) in [6, 6.07) is 21.4. The van der Waals surface area contributed by atoms with E-state index in [0.29, 0.717) is 49.2 Å². The van der Waals surface area contributed by atoms with Crippen molar-refractivity contribution in [2.24, 2.45) is 5.92 Å². The van der Waals surface area contributed by atoms with E-state index in [2.05, 4.69) is 30.2 Å². The molecule has 0 saturated heterocycles. The van der Waals surface area contributed by atoms with E-state index in [1.165, 1.54) is 5.56 Å². The number of hydrogen-bond acceptors (Lipinski definition) is 4. The van der Waals surface area contributed by atoms with Gasteiger partial charge in [0.1, 0.15) is 6.54 Å². The number of urea groups is 1. The summed E-state index contributed by atoms with van der Waals surface area (Å²) < 4.78 is 10.9. The first-order chi connectivity index (χ1) is 20.7. The van der Waals surface area contributed by atoms with Crippen molar-refractivity contribution in [1.82, 2.24) is 14.8 Å². The highest BCUT2D eigenvalue weighted by Crippen LogP contribution is 2.28. The molecule has 43 heavy (non-hydrogen) atoms. The molecule has 0 unspecified atom stereocenters. The normalized spacial score (nSPS) is 11.2. The minimum absolute atomic E-state index is 0.0325. The van der Waals surface area contributed by atoms with Crippen LogP contribution >= 0.6 is 0 Å². The highest BCUT2D eigenvalue weighted by atomic mass is 16.5. The predicted octanol–water partition coefficient (Wildman–Crippen LogP) is 7.07. The summed E-state index contributed by atoms with van der Waals surface area (Å²) in [5.74, 6) is 1.70. The Hall–Kier alpha value is -4.46. The zero-order valence-corrected chi connectivity index (χ0v) is 26.1. The van der Waals surface area contributed by atoms with E-state index in [1.54, 1.807) is 19.1 Å². The van der Waals surface area contributed by atoms with Gasteiger partial charge in [0.15, 0.2) is 11.5 Å². The van der Waals surface area contributed by atoms with Gasteiger partial charge in [0.05, 0.1) is 14.2 Å². The summed E-state index contributed by atoms with van der Waals surface area (Å²) in [7, 11) is 3.20. The van der Waals surface area contributed by atoms with Crippen molar-refractivity contribution < 1.29 is 19.1 Å². The first-order valence-electron chi connectivity index (χ1n) is 14.9. The zero-order chi connectivity index (χ0) is 30.9. The topological polar surface area (TPSA) is 86.9 Å². The smallest absolute Gasteiger partial charge is 0.322 e. The summed E-state index contributed by atoms with van der Waals surface area (Å²) in [4.78, 5) is 34.1. The monoisotopic (exact) mass is 584 g/mol. The van der Waals surface area contributed by atoms with Gasteiger partial charge in [-0.25, -0.2) is 4.79 Å². The lowest BCUT2D eigenvalue weighted by atomic mass is 10.0. The number of methoxy groups -OCH3 is 2. The van der Waals surface area contributed by atoms with Crippen molar-refractivity contribution in [3.05, 3.63) is 89.6 Å². The molecule has 3 aromatic carbocycles. The second-order valence-corrected chi connectivity index (χ2v) is 11.6. The zero-order valence-electron chi connectivity index (χ0n) is 26.1. The van der Waals surface area contributed by atoms with E-state index < -0.39 is 0 Å². The molecule has 8 heteroatoms. The number of amides is 3. The largest absolute Gasteiger partial charge is 0.493 e. The number of para-hydroxylation sites is 1. The highest BCUT2D eigenvalue weighted by Gasteiger charge is 2.23. The van der Waals surface area contributed by atoms with E-state index >= 15 is 0 Å². The minimum Gasteiger partial charge on any atom is -0.493 e. The molecule has 2 N–H and O–H groups in total. The number of aromatic amines is 1. The Kier molecular flexibility index (Phi) is 10.7. The van der Waals surface area contributed by atoms with Crippen LogP contribution in [0.2, 0.25) is 0 Å². The Balaban J connectivity index is 1.54. The quantitative estimate of drug-likeness (QED) is 0.176. The van der Waals surface area contributed by atoms with Gasteiger partial charge in [-0.1, -0.05) is 64.1 Å². The third-order valence-electron chi connectivity index (χ3n) is 7.53. The maximum Gasteiger partial charge on any atom is 0.322 e. The van der Waals surface area contributed by atoms with Crippen LogP contribution in [0.1, 0.15) is 50.3 Å². The molecule has 1 aromatic heterocycles. The lowest BCUT2D eigenvalue weighted by Crippen LogP contribution is -2.46. The van der Waals surface area contributed by atoms with Crippen molar-refractivity contribution in [1.29, 1.82) is 0 Å². The first-order valence-corrected chi connectivity index (χ1v) is 14.9. The fraction of sp³-hybridized carbons (Fsp3) is 0.371. The molecule has 0 aliphatic rings. The number of carbonyl (C=O) groups excluding carboxylic acids is 2. The highest BCUT2D eigenvalue weighted by molar-refractivity contribution is 5.92. The number of fused-ring (bicyclic) bond motifs is 1. The second-order valence-electron chi connectivity index (χ2n) is 11.6. The molecule has 0 spiro atoms. The van der Waals surface area contributed by atoms with E-state index in [0.717, 1.165) is 22.0 Å². The number of ether oxygens (including phenoxy) is 2. The summed E-state index contributed by atoms with van der Waals surface area (Å²) >= 11 is 0. The van der Waals surface area contributed by atoms with Crippen molar-refractivity contribution in [3.8, 4) is 11.5 Å². The molecular formula is C35H44N4O4. The van der Waals surface area contributed by atoms with Gasteiger partial charge in [-0.3, -0.25) is 4.79 Å². The van der Waals surface area contributed by atoms with Crippen LogP contribution in [0, 0.1) is 5.92 Å². The standard InChI is InChI=1S/C35H44N4O4/c1-24(2)21-39(35(41)37-29-14-12-27(13-15-29)25(3)4)23-34(40)38(22-26-11-16-32(42-5)33(19-26)43-6)18-17-28-20-36-31-10-8-7-9-30(28)31/h7-16,19-20,24-25,36H,17-18,21-23H2,1-6H3,(H,37,41). The second kappa shape index (κ2) is 14.6. The molecule has 0 bridgehead atoms. The molecule has 0 aliphatic carbocycles. The average molecular weight is 585 g/mol. The van der Waals surface area contributed by atoms with Crippen molar-refractivity contribution in [2.75, 3.05) is 39.2 Å². The van der Waals surface area contributed by atoms with Gasteiger partial charge in [0.2, 0.25) is 5.91 Å². The third-order valence-corrected chi connectivity index (χ3v) is 7.53. The fourth-order valence-electron chi connectivity index (χ4n) is 5.16. The molecule has 3 amide bonds. The molecule has 8 nitrogen and oxygen atoms in total. The Bertz CT molecular complexity index is 1510. The molecule has 0 fully saturated rings. The number of H-pyrrole nitrogens is 1. The molecule has 228 valence electrons. The Morgan fingerprint density at radius 1 is 0.884 bits per heavy atom. The first kappa shape index (κ1) is 31.5. The molecule has 4 rings (SSSR count). The van der Waals surface area contributed by atoms with Crippen molar-refractivity contribution in [2.45, 2.75) is 46.6 Å². The molecule has 0 atom stereocenters. The number of aromatic nitrogens is 1. The number of carbonyl (C=O) groups is 2. The summed E-state index contributed by atoms with van der Waals surface area (Å²) in [6.07, 6.45) is 2.68. The van der Waals surface area contributed by atoms with Gasteiger partial charge in [0, 0.05) is 42.4 Å². The van der Waals surface area contributed by atoms with Crippen LogP contribution in [-0.4, -0.2) is 60.6 Å². The molecule has 0 aliphatic heterocycles. The third kappa shape index (κ3) is 8.31. The van der Waals surface area contributed by atoms with E-state index in [9.17, 15) is 9.59 Å². The number of benzene rings is 3. The molecule has 4 aromatic rings. The van der Waals surface area contributed by atoms with Crippen LogP contribution in [0.15, 0.2) is 72.9 Å². The van der Waals surface area contributed by atoms with Crippen LogP contribution in [0.5, 0.6) is 11.5 Å². The predicted molar refractivity (Wildman–Crippen MR) is 173 cm³/mol. The van der Waals surface area contributed by atoms with Crippen LogP contribution in [-0.2, 0) is 17.8 Å². The van der Waals surface area contributed by atoms with Gasteiger partial charge in [-0.2, -0.15) is 0 Å².